The summed E-state index contributed by atoms with van der Waals surface area (Å²) >= 11 is 0. The van der Waals surface area contributed by atoms with E-state index in [0.717, 1.165) is 51.4 Å². The largest absolute Gasteiger partial charge is 0.469 e. The Hall–Kier alpha value is -2.03. The van der Waals surface area contributed by atoms with E-state index in [-0.39, 0.29) is 25.6 Å². The number of hydrogen-bond acceptors (Lipinski definition) is 7. The van der Waals surface area contributed by atoms with Crippen LogP contribution in [0.3, 0.4) is 0 Å². The van der Waals surface area contributed by atoms with E-state index in [1.807, 2.05) is 19.1 Å². The second kappa shape index (κ2) is 35.4. The molecule has 0 spiro atoms. The van der Waals surface area contributed by atoms with Crippen molar-refractivity contribution < 1.29 is 43.0 Å². The molecule has 0 aliphatic rings. The Morgan fingerprint density at radius 3 is 1.56 bits per heavy atom. The molecule has 10 heteroatoms. The molecule has 0 heterocycles. The molecule has 0 aromatic heterocycles. The normalized spacial score (nSPS) is 13.6. The molecule has 50 heavy (non-hydrogen) atoms. The maximum atomic E-state index is 12.3. The molecule has 290 valence electrons. The number of aliphatic hydroxyl groups excluding tert-OH is 1. The van der Waals surface area contributed by atoms with Crippen molar-refractivity contribution in [3.63, 3.8) is 0 Å². The summed E-state index contributed by atoms with van der Waals surface area (Å²) in [5.41, 5.74) is 0. The summed E-state index contributed by atoms with van der Waals surface area (Å²) in [7, 11) is -4.77. The molecule has 0 aliphatic heterocycles. The number of hydrogen-bond donors (Lipinski definition) is 3. The zero-order valence-electron chi connectivity index (χ0n) is 31.4. The molecule has 0 fully saturated rings. The Bertz CT molecular complexity index is 970. The number of ether oxygens (including phenoxy) is 2. The van der Waals surface area contributed by atoms with Gasteiger partial charge in [0.25, 0.3) is 0 Å². The van der Waals surface area contributed by atoms with Crippen molar-refractivity contribution in [1.82, 2.24) is 0 Å². The number of rotatable bonds is 35. The van der Waals surface area contributed by atoms with Gasteiger partial charge in [0.2, 0.25) is 0 Å². The molecule has 0 radical (unpaired) electrons. The zero-order valence-corrected chi connectivity index (χ0v) is 32.3. The predicted octanol–water partition coefficient (Wildman–Crippen LogP) is 10.5. The second-order valence-corrected chi connectivity index (χ2v) is 14.3. The van der Waals surface area contributed by atoms with Crippen LogP contribution in [-0.2, 0) is 28.2 Å². The van der Waals surface area contributed by atoms with Gasteiger partial charge in [0, 0.05) is 12.8 Å². The van der Waals surface area contributed by atoms with Crippen LogP contribution in [-0.4, -0.2) is 52.3 Å². The summed E-state index contributed by atoms with van der Waals surface area (Å²) in [4.78, 5) is 42.7. The van der Waals surface area contributed by atoms with Gasteiger partial charge in [0.1, 0.15) is 6.61 Å². The van der Waals surface area contributed by atoms with Gasteiger partial charge in [-0.05, 0) is 57.8 Å². The number of esters is 2. The van der Waals surface area contributed by atoms with Crippen LogP contribution in [0, 0.1) is 0 Å². The highest BCUT2D eigenvalue weighted by molar-refractivity contribution is 7.46. The van der Waals surface area contributed by atoms with Crippen LogP contribution in [0.1, 0.15) is 168 Å². The first-order valence-electron chi connectivity index (χ1n) is 19.5. The summed E-state index contributed by atoms with van der Waals surface area (Å²) in [6.07, 6.45) is 39.2. The average molecular weight is 727 g/mol. The molecule has 0 aromatic rings. The van der Waals surface area contributed by atoms with E-state index in [0.29, 0.717) is 19.3 Å². The van der Waals surface area contributed by atoms with E-state index in [1.54, 1.807) is 0 Å². The highest BCUT2D eigenvalue weighted by Crippen LogP contribution is 2.36. The van der Waals surface area contributed by atoms with Crippen molar-refractivity contribution in [2.24, 2.45) is 0 Å². The summed E-state index contributed by atoms with van der Waals surface area (Å²) < 4.78 is 26.3. The summed E-state index contributed by atoms with van der Waals surface area (Å²) in [6.45, 7) is 3.35. The van der Waals surface area contributed by atoms with Crippen LogP contribution in [0.2, 0.25) is 0 Å². The SMILES string of the molecule is CCCCCCCCCCCCCCCCC(=O)OC[C@H](COP(=O)(O)O)OC(=O)CCC/C=C\C/C=C\C/C=C\C/C=C\CC[C@H](O)CC. The van der Waals surface area contributed by atoms with Gasteiger partial charge in [-0.2, -0.15) is 0 Å². The monoisotopic (exact) mass is 726 g/mol. The minimum Gasteiger partial charge on any atom is -0.462 e. The Balaban J connectivity index is 4.07. The lowest BCUT2D eigenvalue weighted by Gasteiger charge is -2.18. The number of carbonyl (C=O) groups is 2. The summed E-state index contributed by atoms with van der Waals surface area (Å²) in [6, 6.07) is 0. The van der Waals surface area contributed by atoms with Gasteiger partial charge in [0.05, 0.1) is 12.7 Å². The molecule has 3 N–H and O–H groups in total. The number of allylic oxidation sites excluding steroid dienone is 8. The lowest BCUT2D eigenvalue weighted by molar-refractivity contribution is -0.161. The number of phosphoric acid groups is 1. The van der Waals surface area contributed by atoms with Crippen molar-refractivity contribution in [1.29, 1.82) is 0 Å². The van der Waals surface area contributed by atoms with Crippen LogP contribution < -0.4 is 0 Å². The molecule has 0 saturated carbocycles. The molecule has 0 aliphatic carbocycles. The molecule has 0 rings (SSSR count). The molecular weight excluding hydrogens is 655 g/mol. The number of unbranched alkanes of at least 4 members (excludes halogenated alkanes) is 14. The molecule has 0 bridgehead atoms. The van der Waals surface area contributed by atoms with E-state index in [2.05, 4.69) is 47.9 Å². The fraction of sp³-hybridized carbons (Fsp3) is 0.750. The first-order valence-corrected chi connectivity index (χ1v) is 21.0. The number of phosphoric ester groups is 1. The number of carbonyl (C=O) groups excluding carboxylic acids is 2. The first kappa shape index (κ1) is 48.0. The van der Waals surface area contributed by atoms with Crippen molar-refractivity contribution in [3.8, 4) is 0 Å². The van der Waals surface area contributed by atoms with Crippen LogP contribution in [0.4, 0.5) is 0 Å². The van der Waals surface area contributed by atoms with Gasteiger partial charge in [-0.15, -0.1) is 0 Å². The highest BCUT2D eigenvalue weighted by atomic mass is 31.2. The van der Waals surface area contributed by atoms with Gasteiger partial charge < -0.3 is 24.4 Å². The minimum atomic E-state index is -4.77. The topological polar surface area (TPSA) is 140 Å². The minimum absolute atomic E-state index is 0.123. The molecule has 0 saturated heterocycles. The van der Waals surface area contributed by atoms with Crippen molar-refractivity contribution >= 4 is 19.8 Å². The number of aliphatic hydroxyl groups is 1. The summed E-state index contributed by atoms with van der Waals surface area (Å²) in [5, 5.41) is 9.53. The van der Waals surface area contributed by atoms with Crippen LogP contribution >= 0.6 is 7.82 Å². The predicted molar refractivity (Wildman–Crippen MR) is 204 cm³/mol. The lowest BCUT2D eigenvalue weighted by atomic mass is 10.0. The van der Waals surface area contributed by atoms with Gasteiger partial charge in [0.15, 0.2) is 6.10 Å². The van der Waals surface area contributed by atoms with E-state index in [1.165, 1.54) is 70.6 Å². The highest BCUT2D eigenvalue weighted by Gasteiger charge is 2.22. The fourth-order valence-corrected chi connectivity index (χ4v) is 5.53. The Kier molecular flexibility index (Phi) is 33.9. The van der Waals surface area contributed by atoms with Crippen LogP contribution in [0.25, 0.3) is 0 Å². The standard InChI is InChI=1S/C40H71O9P/c1-3-5-6-7-8-9-10-11-15-18-21-24-27-30-33-39(42)47-35-38(36-48-50(44,45)46)49-40(43)34-31-28-25-22-19-16-13-12-14-17-20-23-26-29-32-37(41)4-2/h13-14,16-17,22-23,25-26,37-38,41H,3-12,15,18-21,24,27-36H2,1-2H3,(H2,44,45,46)/b16-13-,17-14-,25-22-,26-23-/t37-,38-/m1/s1. The smallest absolute Gasteiger partial charge is 0.462 e. The second-order valence-electron chi connectivity index (χ2n) is 13.1. The van der Waals surface area contributed by atoms with E-state index in [9.17, 15) is 19.3 Å². The summed E-state index contributed by atoms with van der Waals surface area (Å²) in [5.74, 6) is -0.968. The van der Waals surface area contributed by atoms with Gasteiger partial charge in [-0.1, -0.05) is 146 Å². The van der Waals surface area contributed by atoms with Gasteiger partial charge >= 0.3 is 19.8 Å². The lowest BCUT2D eigenvalue weighted by Crippen LogP contribution is -2.29. The van der Waals surface area contributed by atoms with E-state index < -0.39 is 32.5 Å². The van der Waals surface area contributed by atoms with Gasteiger partial charge in [-0.3, -0.25) is 14.1 Å². The van der Waals surface area contributed by atoms with E-state index in [4.69, 9.17) is 19.3 Å². The van der Waals surface area contributed by atoms with Crippen molar-refractivity contribution in [2.75, 3.05) is 13.2 Å². The molecule has 0 unspecified atom stereocenters. The third-order valence-corrected chi connectivity index (χ3v) is 8.75. The molecule has 0 aromatic carbocycles. The maximum Gasteiger partial charge on any atom is 0.469 e. The Morgan fingerprint density at radius 1 is 0.600 bits per heavy atom. The first-order chi connectivity index (χ1) is 24.2. The van der Waals surface area contributed by atoms with Gasteiger partial charge in [-0.25, -0.2) is 4.57 Å². The fourth-order valence-electron chi connectivity index (χ4n) is 5.17. The third kappa shape index (κ3) is 37.2. The van der Waals surface area contributed by atoms with Crippen LogP contribution in [0.5, 0.6) is 0 Å². The third-order valence-electron chi connectivity index (χ3n) is 8.26. The van der Waals surface area contributed by atoms with Crippen molar-refractivity contribution in [2.45, 2.75) is 180 Å². The molecule has 2 atom stereocenters. The maximum absolute atomic E-state index is 12.3. The quantitative estimate of drug-likeness (QED) is 0.0252. The Morgan fingerprint density at radius 2 is 1.06 bits per heavy atom. The van der Waals surface area contributed by atoms with Crippen molar-refractivity contribution in [3.05, 3.63) is 48.6 Å². The average Bonchev–Trinajstić information content (AvgIpc) is 3.08. The molecular formula is C40H71O9P. The zero-order chi connectivity index (χ0) is 37.0. The Labute approximate surface area is 304 Å². The molecule has 0 amide bonds. The molecule has 9 nitrogen and oxygen atoms in total. The van der Waals surface area contributed by atoms with Crippen LogP contribution in [0.15, 0.2) is 48.6 Å². The van der Waals surface area contributed by atoms with E-state index >= 15 is 0 Å².